The molecule has 1 aliphatic rings. The van der Waals surface area contributed by atoms with E-state index in [1.807, 2.05) is 12.1 Å². The molecule has 5 rings (SSSR count). The van der Waals surface area contributed by atoms with E-state index in [1.165, 1.54) is 29.0 Å². The van der Waals surface area contributed by atoms with E-state index in [4.69, 9.17) is 27.9 Å². The molecule has 0 bridgehead atoms. The minimum absolute atomic E-state index is 0.399. The summed E-state index contributed by atoms with van der Waals surface area (Å²) in [5.41, 5.74) is 5.44. The number of amides is 1. The number of nitrogens with one attached hydrogen (secondary N) is 2. The zero-order valence-electron chi connectivity index (χ0n) is 17.4. The Morgan fingerprint density at radius 3 is 2.79 bits per heavy atom. The van der Waals surface area contributed by atoms with Crippen molar-refractivity contribution in [3.05, 3.63) is 68.6 Å². The van der Waals surface area contributed by atoms with Crippen LogP contribution in [0.1, 0.15) is 34.5 Å². The first kappa shape index (κ1) is 21.9. The molecule has 0 fully saturated rings. The van der Waals surface area contributed by atoms with E-state index >= 15 is 0 Å². The Morgan fingerprint density at radius 2 is 1.94 bits per heavy atom. The smallest absolute Gasteiger partial charge is 0.338 e. The third kappa shape index (κ3) is 4.62. The van der Waals surface area contributed by atoms with Crippen molar-refractivity contribution < 1.29 is 14.3 Å². The van der Waals surface area contributed by atoms with Gasteiger partial charge in [-0.2, -0.15) is 0 Å². The summed E-state index contributed by atoms with van der Waals surface area (Å²) in [6.07, 6.45) is 4.37. The summed E-state index contributed by atoms with van der Waals surface area (Å²) in [6.45, 7) is -0.399. The molecular weight excluding hydrogens is 481 g/mol. The van der Waals surface area contributed by atoms with Crippen LogP contribution >= 0.6 is 34.5 Å². The van der Waals surface area contributed by atoms with Crippen LogP contribution in [0.4, 0.5) is 5.13 Å². The van der Waals surface area contributed by atoms with E-state index in [-0.39, 0.29) is 0 Å². The number of hydrogen-bond donors (Lipinski definition) is 2. The maximum Gasteiger partial charge on any atom is 0.338 e. The van der Waals surface area contributed by atoms with Gasteiger partial charge in [0.15, 0.2) is 11.7 Å². The minimum atomic E-state index is -0.534. The molecule has 6 nitrogen and oxygen atoms in total. The van der Waals surface area contributed by atoms with Crippen LogP contribution in [0.2, 0.25) is 10.0 Å². The summed E-state index contributed by atoms with van der Waals surface area (Å²) in [4.78, 5) is 32.7. The molecule has 33 heavy (non-hydrogen) atoms. The van der Waals surface area contributed by atoms with E-state index in [9.17, 15) is 9.59 Å². The maximum atomic E-state index is 12.5. The van der Waals surface area contributed by atoms with Crippen molar-refractivity contribution in [2.24, 2.45) is 0 Å². The molecule has 0 spiro atoms. The summed E-state index contributed by atoms with van der Waals surface area (Å²) in [5, 5.41) is 6.80. The summed E-state index contributed by atoms with van der Waals surface area (Å²) in [6, 6.07) is 10.7. The standard InChI is InChI=1S/C24H19Cl2N3O3S/c25-17-7-5-13(10-18(17)26)21-12-33-24(28-21)29-22(30)11-32-23(31)14-6-8-20-16(9-14)15-3-1-2-4-19(15)27-20/h5-10,12,27H,1-4,11H2,(H,28,29,30). The van der Waals surface area contributed by atoms with Crippen LogP contribution in [-0.4, -0.2) is 28.5 Å². The van der Waals surface area contributed by atoms with Gasteiger partial charge in [0.2, 0.25) is 0 Å². The van der Waals surface area contributed by atoms with Crippen molar-refractivity contribution in [1.82, 2.24) is 9.97 Å². The average Bonchev–Trinajstić information content (AvgIpc) is 3.43. The zero-order valence-corrected chi connectivity index (χ0v) is 19.7. The lowest BCUT2D eigenvalue weighted by Gasteiger charge is -2.10. The molecule has 0 unspecified atom stereocenters. The molecule has 2 aromatic carbocycles. The molecule has 0 atom stereocenters. The molecule has 4 aromatic rings. The van der Waals surface area contributed by atoms with Crippen molar-refractivity contribution in [3.8, 4) is 11.3 Å². The highest BCUT2D eigenvalue weighted by molar-refractivity contribution is 7.14. The van der Waals surface area contributed by atoms with Crippen LogP contribution in [0.3, 0.4) is 0 Å². The third-order valence-corrected chi connectivity index (χ3v) is 7.13. The summed E-state index contributed by atoms with van der Waals surface area (Å²) in [5.74, 6) is -0.994. The van der Waals surface area contributed by atoms with Crippen LogP contribution in [-0.2, 0) is 22.4 Å². The number of esters is 1. The van der Waals surface area contributed by atoms with Crippen molar-refractivity contribution >= 4 is 62.4 Å². The fraction of sp³-hybridized carbons (Fsp3) is 0.208. The second kappa shape index (κ2) is 9.17. The quantitative estimate of drug-likeness (QED) is 0.316. The number of aryl methyl sites for hydroxylation is 2. The number of thiazole rings is 1. The summed E-state index contributed by atoms with van der Waals surface area (Å²) in [7, 11) is 0. The maximum absolute atomic E-state index is 12.5. The van der Waals surface area contributed by atoms with Gasteiger partial charge >= 0.3 is 5.97 Å². The third-order valence-electron chi connectivity index (χ3n) is 5.63. The Hall–Kier alpha value is -2.87. The number of hydrogen-bond acceptors (Lipinski definition) is 5. The number of rotatable bonds is 5. The normalized spacial score (nSPS) is 13.0. The molecule has 9 heteroatoms. The monoisotopic (exact) mass is 499 g/mol. The Balaban J connectivity index is 1.21. The first-order valence-corrected chi connectivity index (χ1v) is 12.1. The van der Waals surface area contributed by atoms with Crippen molar-refractivity contribution in [1.29, 1.82) is 0 Å². The molecule has 0 saturated heterocycles. The van der Waals surface area contributed by atoms with E-state index in [0.717, 1.165) is 35.7 Å². The van der Waals surface area contributed by atoms with Crippen LogP contribution in [0.5, 0.6) is 0 Å². The Labute approximate surface area is 203 Å². The highest BCUT2D eigenvalue weighted by Gasteiger charge is 2.18. The number of benzene rings is 2. The fourth-order valence-corrected chi connectivity index (χ4v) is 5.06. The van der Waals surface area contributed by atoms with Crippen LogP contribution < -0.4 is 5.32 Å². The Kier molecular flexibility index (Phi) is 6.10. The predicted molar refractivity (Wildman–Crippen MR) is 131 cm³/mol. The number of aromatic amines is 1. The van der Waals surface area contributed by atoms with Gasteiger partial charge in [0.1, 0.15) is 0 Å². The number of carbonyl (C=O) groups excluding carboxylic acids is 2. The van der Waals surface area contributed by atoms with Crippen LogP contribution in [0.25, 0.3) is 22.2 Å². The lowest BCUT2D eigenvalue weighted by atomic mass is 9.95. The van der Waals surface area contributed by atoms with Crippen LogP contribution in [0.15, 0.2) is 41.8 Å². The van der Waals surface area contributed by atoms with Gasteiger partial charge in [-0.25, -0.2) is 9.78 Å². The second-order valence-corrected chi connectivity index (χ2v) is 9.51. The van der Waals surface area contributed by atoms with Gasteiger partial charge in [0, 0.05) is 27.5 Å². The van der Waals surface area contributed by atoms with Gasteiger partial charge in [-0.05, 0) is 61.6 Å². The minimum Gasteiger partial charge on any atom is -0.452 e. The molecule has 2 heterocycles. The van der Waals surface area contributed by atoms with E-state index < -0.39 is 18.5 Å². The van der Waals surface area contributed by atoms with Crippen LogP contribution in [0, 0.1) is 0 Å². The molecule has 0 aliphatic heterocycles. The second-order valence-electron chi connectivity index (χ2n) is 7.84. The van der Waals surface area contributed by atoms with E-state index in [2.05, 4.69) is 15.3 Å². The molecule has 2 N–H and O–H groups in total. The number of carbonyl (C=O) groups is 2. The first-order chi connectivity index (χ1) is 16.0. The topological polar surface area (TPSA) is 84.1 Å². The Bertz CT molecular complexity index is 1380. The predicted octanol–water partition coefficient (Wildman–Crippen LogP) is 6.27. The fourth-order valence-electron chi connectivity index (χ4n) is 4.02. The largest absolute Gasteiger partial charge is 0.452 e. The van der Waals surface area contributed by atoms with Gasteiger partial charge in [0.05, 0.1) is 21.3 Å². The first-order valence-electron chi connectivity index (χ1n) is 10.5. The van der Waals surface area contributed by atoms with Gasteiger partial charge < -0.3 is 9.72 Å². The summed E-state index contributed by atoms with van der Waals surface area (Å²) >= 11 is 13.3. The van der Waals surface area contributed by atoms with Gasteiger partial charge in [-0.3, -0.25) is 10.1 Å². The molecule has 0 saturated carbocycles. The van der Waals surface area contributed by atoms with Crippen molar-refractivity contribution in [3.63, 3.8) is 0 Å². The number of fused-ring (bicyclic) bond motifs is 3. The number of halogens is 2. The molecule has 2 aromatic heterocycles. The lowest BCUT2D eigenvalue weighted by molar-refractivity contribution is -0.119. The molecular formula is C24H19Cl2N3O3S. The average molecular weight is 500 g/mol. The number of ether oxygens (including phenoxy) is 1. The molecule has 1 amide bonds. The molecule has 168 valence electrons. The highest BCUT2D eigenvalue weighted by atomic mass is 35.5. The molecule has 0 radical (unpaired) electrons. The van der Waals surface area contributed by atoms with E-state index in [1.54, 1.807) is 29.6 Å². The van der Waals surface area contributed by atoms with Crippen molar-refractivity contribution in [2.45, 2.75) is 25.7 Å². The zero-order chi connectivity index (χ0) is 22.9. The molecule has 1 aliphatic carbocycles. The number of H-pyrrole nitrogens is 1. The lowest BCUT2D eigenvalue weighted by Crippen LogP contribution is -2.20. The SMILES string of the molecule is O=C(COC(=O)c1ccc2[nH]c3c(c2c1)CCCC3)Nc1nc(-c2ccc(Cl)c(Cl)c2)cs1. The van der Waals surface area contributed by atoms with Crippen molar-refractivity contribution in [2.75, 3.05) is 11.9 Å². The highest BCUT2D eigenvalue weighted by Crippen LogP contribution is 2.31. The van der Waals surface area contributed by atoms with Gasteiger partial charge in [0.25, 0.3) is 5.91 Å². The number of anilines is 1. The number of nitrogens with zero attached hydrogens (tertiary/aromatic N) is 1. The number of aromatic nitrogens is 2. The Morgan fingerprint density at radius 1 is 1.09 bits per heavy atom. The summed E-state index contributed by atoms with van der Waals surface area (Å²) < 4.78 is 5.24. The van der Waals surface area contributed by atoms with Gasteiger partial charge in [-0.1, -0.05) is 29.3 Å². The van der Waals surface area contributed by atoms with Gasteiger partial charge in [-0.15, -0.1) is 11.3 Å². The van der Waals surface area contributed by atoms with E-state index in [0.29, 0.717) is 26.4 Å².